The number of carboxylic acid groups (broad SMARTS) is 4. The van der Waals surface area contributed by atoms with E-state index in [9.17, 15) is 68.4 Å². The van der Waals surface area contributed by atoms with Crippen molar-refractivity contribution in [2.24, 2.45) is 0 Å². The third-order valence-corrected chi connectivity index (χ3v) is 9.57. The summed E-state index contributed by atoms with van der Waals surface area (Å²) >= 11 is 5.23. The Bertz CT molecular complexity index is 1870. The van der Waals surface area contributed by atoms with Crippen molar-refractivity contribution in [3.63, 3.8) is 0 Å². The monoisotopic (exact) mass is 864 g/mol. The molecular weight excluding hydrogens is 817 g/mol. The van der Waals surface area contributed by atoms with Crippen molar-refractivity contribution in [1.82, 2.24) is 31.9 Å². The highest BCUT2D eigenvalue weighted by Gasteiger charge is 2.34. The van der Waals surface area contributed by atoms with E-state index < -0.39 is 128 Å². The highest BCUT2D eigenvalue weighted by Crippen LogP contribution is 2.17. The minimum Gasteiger partial charge on any atom is -0.481 e. The van der Waals surface area contributed by atoms with Crippen LogP contribution in [0.5, 0.6) is 0 Å². The Labute approximate surface area is 347 Å². The van der Waals surface area contributed by atoms with Crippen molar-refractivity contribution >= 4 is 94.5 Å². The molecule has 0 spiro atoms. The van der Waals surface area contributed by atoms with E-state index in [4.69, 9.17) is 0 Å². The van der Waals surface area contributed by atoms with Crippen LogP contribution >= 0.6 is 24.4 Å². The average Bonchev–Trinajstić information content (AvgIpc) is 3.16. The molecule has 0 aliphatic rings. The lowest BCUT2D eigenvalue weighted by Gasteiger charge is -2.27. The van der Waals surface area contributed by atoms with Gasteiger partial charge in [-0.15, -0.1) is 0 Å². The summed E-state index contributed by atoms with van der Waals surface area (Å²) in [5.74, 6) is -11.5. The Morgan fingerprint density at radius 1 is 0.576 bits per heavy atom. The third kappa shape index (κ3) is 17.6. The fourth-order valence-corrected chi connectivity index (χ4v) is 6.28. The maximum atomic E-state index is 13.9. The molecule has 20 nitrogen and oxygen atoms in total. The number of hydrogen-bond donors (Lipinski definition) is 11. The van der Waals surface area contributed by atoms with Crippen LogP contribution in [0.4, 0.5) is 0 Å². The van der Waals surface area contributed by atoms with Gasteiger partial charge in [0, 0.05) is 31.9 Å². The van der Waals surface area contributed by atoms with Crippen LogP contribution in [0.2, 0.25) is 0 Å². The van der Waals surface area contributed by atoms with Gasteiger partial charge in [0.2, 0.25) is 35.4 Å². The van der Waals surface area contributed by atoms with E-state index in [-0.39, 0.29) is 24.3 Å². The van der Waals surface area contributed by atoms with Crippen LogP contribution in [0.1, 0.15) is 51.0 Å². The van der Waals surface area contributed by atoms with E-state index in [0.29, 0.717) is 5.56 Å². The number of carbonyl (C=O) groups is 10. The van der Waals surface area contributed by atoms with Crippen molar-refractivity contribution in [2.75, 3.05) is 17.8 Å². The van der Waals surface area contributed by atoms with Gasteiger partial charge in [0.05, 0.1) is 6.42 Å². The molecule has 2 aromatic carbocycles. The average molecular weight is 865 g/mol. The van der Waals surface area contributed by atoms with E-state index >= 15 is 0 Å². The Kier molecular flexibility index (Phi) is 20.7. The minimum absolute atomic E-state index is 0.0908. The predicted molar refractivity (Wildman–Crippen MR) is 215 cm³/mol. The van der Waals surface area contributed by atoms with Crippen LogP contribution in [0, 0.1) is 0 Å². The Hall–Kier alpha value is -5.90. The van der Waals surface area contributed by atoms with Crippen LogP contribution in [0.25, 0.3) is 10.8 Å². The highest BCUT2D eigenvalue weighted by atomic mass is 32.2. The van der Waals surface area contributed by atoms with Crippen LogP contribution < -0.4 is 31.9 Å². The zero-order valence-corrected chi connectivity index (χ0v) is 33.8. The van der Waals surface area contributed by atoms with Gasteiger partial charge in [-0.2, -0.15) is 24.4 Å². The molecule has 0 radical (unpaired) electrons. The van der Waals surface area contributed by atoms with E-state index in [1.165, 1.54) is 11.8 Å². The molecule has 6 amide bonds. The first-order valence-corrected chi connectivity index (χ1v) is 20.1. The van der Waals surface area contributed by atoms with Gasteiger partial charge in [0.25, 0.3) is 0 Å². The number of benzene rings is 2. The highest BCUT2D eigenvalue weighted by molar-refractivity contribution is 7.98. The first-order chi connectivity index (χ1) is 27.8. The third-order valence-electron chi connectivity index (χ3n) is 8.56. The zero-order valence-electron chi connectivity index (χ0n) is 32.1. The van der Waals surface area contributed by atoms with Crippen molar-refractivity contribution in [1.29, 1.82) is 0 Å². The van der Waals surface area contributed by atoms with E-state index in [2.05, 4.69) is 44.5 Å². The quantitative estimate of drug-likeness (QED) is 0.0520. The van der Waals surface area contributed by atoms with Crippen LogP contribution in [-0.4, -0.2) is 134 Å². The fraction of sp³-hybridized carbons (Fsp3) is 0.459. The molecule has 0 saturated heterocycles. The molecule has 0 saturated carbocycles. The topological polar surface area (TPSA) is 324 Å². The van der Waals surface area contributed by atoms with Gasteiger partial charge in [-0.25, -0.2) is 4.79 Å². The minimum atomic E-state index is -1.65. The van der Waals surface area contributed by atoms with E-state index in [1.54, 1.807) is 30.5 Å². The SMILES string of the molecule is CSCC[C@H](NC(=O)[C@H](CCC(=O)O)NC(=O)[C@H](CC(=O)O)NC(C)=O)C(=O)N[C@@H](CCC(=O)O)C(=O)N[C@@H](Cc1ccc2ccccc2c1)C(=O)N[C@@H](CS)C(=O)O. The second-order valence-corrected chi connectivity index (χ2v) is 14.6. The van der Waals surface area contributed by atoms with Gasteiger partial charge in [-0.05, 0) is 47.6 Å². The van der Waals surface area contributed by atoms with Gasteiger partial charge >= 0.3 is 23.9 Å². The van der Waals surface area contributed by atoms with Crippen LogP contribution in [-0.2, 0) is 54.4 Å². The summed E-state index contributed by atoms with van der Waals surface area (Å²) in [6.45, 7) is 1.02. The lowest BCUT2D eigenvalue weighted by atomic mass is 10.00. The summed E-state index contributed by atoms with van der Waals surface area (Å²) in [4.78, 5) is 125. The maximum Gasteiger partial charge on any atom is 0.327 e. The van der Waals surface area contributed by atoms with Crippen LogP contribution in [0.3, 0.4) is 0 Å². The molecule has 0 unspecified atom stereocenters. The molecular formula is C37H48N6O14S2. The second kappa shape index (κ2) is 24.8. The molecule has 0 fully saturated rings. The predicted octanol–water partition coefficient (Wildman–Crippen LogP) is -0.717. The lowest BCUT2D eigenvalue weighted by molar-refractivity contribution is -0.142. The first kappa shape index (κ1) is 49.2. The molecule has 0 heterocycles. The van der Waals surface area contributed by atoms with Gasteiger partial charge in [-0.3, -0.25) is 43.2 Å². The Morgan fingerprint density at radius 3 is 1.49 bits per heavy atom. The van der Waals surface area contributed by atoms with Gasteiger partial charge < -0.3 is 52.3 Å². The number of fused-ring (bicyclic) bond motifs is 1. The number of carbonyl (C=O) groups excluding carboxylic acids is 6. The number of hydrogen-bond acceptors (Lipinski definition) is 12. The van der Waals surface area contributed by atoms with Gasteiger partial charge in [-0.1, -0.05) is 42.5 Å². The van der Waals surface area contributed by atoms with Gasteiger partial charge in [0.15, 0.2) is 0 Å². The molecule has 0 aliphatic heterocycles. The molecule has 0 aromatic heterocycles. The van der Waals surface area contributed by atoms with Crippen molar-refractivity contribution in [3.05, 3.63) is 48.0 Å². The Morgan fingerprint density at radius 2 is 1.03 bits per heavy atom. The molecule has 59 heavy (non-hydrogen) atoms. The largest absolute Gasteiger partial charge is 0.481 e. The number of thiol groups is 1. The number of thioether (sulfide) groups is 1. The molecule has 22 heteroatoms. The maximum absolute atomic E-state index is 13.9. The smallest absolute Gasteiger partial charge is 0.327 e. The zero-order chi connectivity index (χ0) is 44.2. The Balaban J connectivity index is 2.42. The van der Waals surface area contributed by atoms with Crippen LogP contribution in [0.15, 0.2) is 42.5 Å². The van der Waals surface area contributed by atoms with E-state index in [1.807, 2.05) is 18.2 Å². The van der Waals surface area contributed by atoms with Gasteiger partial charge in [0.1, 0.15) is 36.3 Å². The number of amides is 6. The number of nitrogens with one attached hydrogen (secondary N) is 6. The molecule has 2 aromatic rings. The molecule has 2 rings (SSSR count). The summed E-state index contributed by atoms with van der Waals surface area (Å²) < 4.78 is 0. The first-order valence-electron chi connectivity index (χ1n) is 18.1. The number of aliphatic carboxylic acids is 4. The summed E-state index contributed by atoms with van der Waals surface area (Å²) in [5, 5.41) is 53.1. The molecule has 322 valence electrons. The molecule has 0 bridgehead atoms. The molecule has 10 N–H and O–H groups in total. The standard InChI is InChI=1S/C37H48N6O14S2/c1-19(44)38-27(17-31(49)50)36(55)40-23(9-11-29(45)46)32(51)41-25(13-14-59-2)34(53)39-24(10-12-30(47)48)33(52)42-26(35(54)43-28(18-58)37(56)57)16-20-7-8-21-5-3-4-6-22(21)15-20/h3-8,15,23-28,58H,9-14,16-18H2,1-2H3,(H,38,44)(H,39,53)(H,40,55)(H,41,51)(H,42,52)(H,43,54)(H,45,46)(H,47,48)(H,49,50)(H,56,57)/t23-,24-,25-,26-,27-,28-/m0/s1. The van der Waals surface area contributed by atoms with Crippen molar-refractivity contribution in [2.45, 2.75) is 88.1 Å². The van der Waals surface area contributed by atoms with Crippen molar-refractivity contribution in [3.8, 4) is 0 Å². The molecule has 6 atom stereocenters. The molecule has 0 aliphatic carbocycles. The fourth-order valence-electron chi connectivity index (χ4n) is 5.56. The summed E-state index contributed by atoms with van der Waals surface area (Å²) in [6.07, 6.45) is -1.77. The normalized spacial score (nSPS) is 13.9. The van der Waals surface area contributed by atoms with E-state index in [0.717, 1.165) is 17.7 Å². The lowest BCUT2D eigenvalue weighted by Crippen LogP contribution is -2.60. The summed E-state index contributed by atoms with van der Waals surface area (Å²) in [6, 6.07) is 3.27. The van der Waals surface area contributed by atoms with Crippen molar-refractivity contribution < 1.29 is 68.4 Å². The number of carboxylic acids is 4. The second-order valence-electron chi connectivity index (χ2n) is 13.2. The number of rotatable bonds is 26. The summed E-state index contributed by atoms with van der Waals surface area (Å²) in [5.41, 5.74) is 0.559. The summed E-state index contributed by atoms with van der Waals surface area (Å²) in [7, 11) is 0.